The second-order valence-electron chi connectivity index (χ2n) is 8.68. The van der Waals surface area contributed by atoms with Gasteiger partial charge < -0.3 is 4.90 Å². The Hall–Kier alpha value is -3.29. The van der Waals surface area contributed by atoms with E-state index in [0.717, 1.165) is 46.4 Å². The highest BCUT2D eigenvalue weighted by Gasteiger charge is 2.32. The molecule has 0 bridgehead atoms. The Kier molecular flexibility index (Phi) is 6.06. The standard InChI is InChI=1S/C27H28N4O2S/c1-3-16-30(2)27-24-19-31(17-15-25(24)28-26(29-27)21-10-5-4-6-11-21)34(32,33)23-14-13-20-9-7-8-12-22(20)18-23/h4-14,18H,3,15-17,19H2,1-2H3. The van der Waals surface area contributed by atoms with Gasteiger partial charge in [-0.25, -0.2) is 18.4 Å². The van der Waals surface area contributed by atoms with Crippen molar-refractivity contribution in [1.29, 1.82) is 0 Å². The third kappa shape index (κ3) is 4.17. The zero-order valence-corrected chi connectivity index (χ0v) is 20.3. The van der Waals surface area contributed by atoms with Gasteiger partial charge in [0.25, 0.3) is 0 Å². The quantitative estimate of drug-likeness (QED) is 0.400. The minimum absolute atomic E-state index is 0.267. The molecule has 0 spiro atoms. The number of hydrogen-bond donors (Lipinski definition) is 0. The van der Waals surface area contributed by atoms with Gasteiger partial charge in [-0.3, -0.25) is 0 Å². The smallest absolute Gasteiger partial charge is 0.243 e. The molecule has 0 radical (unpaired) electrons. The fourth-order valence-corrected chi connectivity index (χ4v) is 5.97. The summed E-state index contributed by atoms with van der Waals surface area (Å²) in [6.07, 6.45) is 1.52. The molecule has 0 saturated heterocycles. The van der Waals surface area contributed by atoms with Gasteiger partial charge >= 0.3 is 0 Å². The first-order valence-corrected chi connectivity index (χ1v) is 13.1. The van der Waals surface area contributed by atoms with Crippen LogP contribution in [0.5, 0.6) is 0 Å². The first-order valence-electron chi connectivity index (χ1n) is 11.6. The van der Waals surface area contributed by atoms with Crippen molar-refractivity contribution in [2.75, 3.05) is 25.0 Å². The predicted octanol–water partition coefficient (Wildman–Crippen LogP) is 4.89. The molecule has 1 aliphatic heterocycles. The van der Waals surface area contributed by atoms with Crippen molar-refractivity contribution >= 4 is 26.6 Å². The van der Waals surface area contributed by atoms with Crippen LogP contribution in [-0.4, -0.2) is 42.8 Å². The zero-order valence-electron chi connectivity index (χ0n) is 19.5. The van der Waals surface area contributed by atoms with Gasteiger partial charge in [-0.1, -0.05) is 67.6 Å². The van der Waals surface area contributed by atoms with Crippen LogP contribution in [-0.2, 0) is 23.0 Å². The highest BCUT2D eigenvalue weighted by atomic mass is 32.2. The Balaban J connectivity index is 1.54. The number of anilines is 1. The van der Waals surface area contributed by atoms with Gasteiger partial charge in [0.2, 0.25) is 10.0 Å². The number of fused-ring (bicyclic) bond motifs is 2. The first-order chi connectivity index (χ1) is 16.5. The number of aromatic nitrogens is 2. The van der Waals surface area contributed by atoms with Crippen LogP contribution < -0.4 is 4.90 Å². The maximum atomic E-state index is 13.6. The Morgan fingerprint density at radius 3 is 2.44 bits per heavy atom. The zero-order chi connectivity index (χ0) is 23.7. The highest BCUT2D eigenvalue weighted by Crippen LogP contribution is 2.32. The van der Waals surface area contributed by atoms with E-state index in [0.29, 0.717) is 23.7 Å². The fourth-order valence-electron chi connectivity index (χ4n) is 4.53. The third-order valence-corrected chi connectivity index (χ3v) is 8.16. The first kappa shape index (κ1) is 22.5. The molecule has 0 atom stereocenters. The van der Waals surface area contributed by atoms with Gasteiger partial charge in [-0.2, -0.15) is 4.31 Å². The van der Waals surface area contributed by atoms with Crippen molar-refractivity contribution in [3.8, 4) is 11.4 Å². The van der Waals surface area contributed by atoms with Crippen LogP contribution in [0.25, 0.3) is 22.2 Å². The predicted molar refractivity (Wildman–Crippen MR) is 136 cm³/mol. The van der Waals surface area contributed by atoms with Crippen molar-refractivity contribution in [1.82, 2.24) is 14.3 Å². The SMILES string of the molecule is CCCN(C)c1nc(-c2ccccc2)nc2c1CN(S(=O)(=O)c1ccc3ccccc3c1)CC2. The molecule has 0 aliphatic carbocycles. The molecule has 174 valence electrons. The molecular formula is C27H28N4O2S. The van der Waals surface area contributed by atoms with Gasteiger partial charge in [0, 0.05) is 44.2 Å². The molecule has 0 saturated carbocycles. The Morgan fingerprint density at radius 1 is 0.941 bits per heavy atom. The van der Waals surface area contributed by atoms with Crippen LogP contribution in [0.4, 0.5) is 5.82 Å². The van der Waals surface area contributed by atoms with E-state index in [4.69, 9.17) is 9.97 Å². The Morgan fingerprint density at radius 2 is 1.68 bits per heavy atom. The molecule has 1 aliphatic rings. The van der Waals surface area contributed by atoms with Crippen molar-refractivity contribution in [2.45, 2.75) is 31.2 Å². The van der Waals surface area contributed by atoms with E-state index in [1.54, 1.807) is 16.4 Å². The minimum Gasteiger partial charge on any atom is -0.359 e. The number of rotatable bonds is 6. The Bertz CT molecular complexity index is 1440. The normalized spacial score (nSPS) is 14.2. The molecule has 0 unspecified atom stereocenters. The lowest BCUT2D eigenvalue weighted by Crippen LogP contribution is -2.38. The molecule has 7 heteroatoms. The van der Waals surface area contributed by atoms with Crippen LogP contribution >= 0.6 is 0 Å². The molecule has 1 aromatic heterocycles. The third-order valence-electron chi connectivity index (χ3n) is 6.31. The second kappa shape index (κ2) is 9.16. The molecule has 0 N–H and O–H groups in total. The molecule has 0 amide bonds. The van der Waals surface area contributed by atoms with E-state index in [1.165, 1.54) is 0 Å². The maximum Gasteiger partial charge on any atom is 0.243 e. The van der Waals surface area contributed by atoms with E-state index >= 15 is 0 Å². The van der Waals surface area contributed by atoms with Gasteiger partial charge in [-0.15, -0.1) is 0 Å². The minimum atomic E-state index is -3.65. The van der Waals surface area contributed by atoms with Crippen molar-refractivity contribution in [3.63, 3.8) is 0 Å². The summed E-state index contributed by atoms with van der Waals surface area (Å²) in [4.78, 5) is 12.2. The molecular weight excluding hydrogens is 444 g/mol. The van der Waals surface area contributed by atoms with E-state index in [2.05, 4.69) is 11.8 Å². The summed E-state index contributed by atoms with van der Waals surface area (Å²) in [7, 11) is -1.64. The molecule has 2 heterocycles. The summed E-state index contributed by atoms with van der Waals surface area (Å²) in [5.41, 5.74) is 2.78. The molecule has 5 rings (SSSR count). The van der Waals surface area contributed by atoms with Crippen LogP contribution in [0, 0.1) is 0 Å². The van der Waals surface area contributed by atoms with Crippen LogP contribution in [0.15, 0.2) is 77.7 Å². The van der Waals surface area contributed by atoms with Crippen LogP contribution in [0.3, 0.4) is 0 Å². The summed E-state index contributed by atoms with van der Waals surface area (Å²) < 4.78 is 28.8. The Labute approximate surface area is 200 Å². The monoisotopic (exact) mass is 472 g/mol. The van der Waals surface area contributed by atoms with Crippen LogP contribution in [0.2, 0.25) is 0 Å². The maximum absolute atomic E-state index is 13.6. The van der Waals surface area contributed by atoms with E-state index < -0.39 is 10.0 Å². The highest BCUT2D eigenvalue weighted by molar-refractivity contribution is 7.89. The van der Waals surface area contributed by atoms with Gasteiger partial charge in [0.15, 0.2) is 5.82 Å². The number of nitrogens with zero attached hydrogens (tertiary/aromatic N) is 4. The van der Waals surface area contributed by atoms with E-state index in [-0.39, 0.29) is 6.54 Å². The number of benzene rings is 3. The average Bonchev–Trinajstić information content (AvgIpc) is 2.88. The lowest BCUT2D eigenvalue weighted by molar-refractivity contribution is 0.387. The molecule has 3 aromatic carbocycles. The summed E-state index contributed by atoms with van der Waals surface area (Å²) in [6.45, 7) is 3.61. The lowest BCUT2D eigenvalue weighted by atomic mass is 10.1. The average molecular weight is 473 g/mol. The summed E-state index contributed by atoms with van der Waals surface area (Å²) >= 11 is 0. The molecule has 34 heavy (non-hydrogen) atoms. The van der Waals surface area contributed by atoms with Crippen molar-refractivity contribution in [3.05, 3.63) is 84.1 Å². The van der Waals surface area contributed by atoms with E-state index in [1.807, 2.05) is 67.7 Å². The topological polar surface area (TPSA) is 66.4 Å². The molecule has 6 nitrogen and oxygen atoms in total. The van der Waals surface area contributed by atoms with Crippen LogP contribution in [0.1, 0.15) is 24.6 Å². The van der Waals surface area contributed by atoms with E-state index in [9.17, 15) is 8.42 Å². The molecule has 4 aromatic rings. The van der Waals surface area contributed by atoms with Crippen molar-refractivity contribution < 1.29 is 8.42 Å². The van der Waals surface area contributed by atoms with Crippen molar-refractivity contribution in [2.24, 2.45) is 0 Å². The second-order valence-corrected chi connectivity index (χ2v) is 10.6. The van der Waals surface area contributed by atoms with Gasteiger partial charge in [0.1, 0.15) is 5.82 Å². The lowest BCUT2D eigenvalue weighted by Gasteiger charge is -2.31. The number of hydrogen-bond acceptors (Lipinski definition) is 5. The fraction of sp³-hybridized carbons (Fsp3) is 0.259. The molecule has 0 fully saturated rings. The van der Waals surface area contributed by atoms with Gasteiger partial charge in [-0.05, 0) is 29.3 Å². The summed E-state index contributed by atoms with van der Waals surface area (Å²) in [5.74, 6) is 1.49. The summed E-state index contributed by atoms with van der Waals surface area (Å²) in [5, 5.41) is 1.94. The number of sulfonamides is 1. The summed E-state index contributed by atoms with van der Waals surface area (Å²) in [6, 6.07) is 23.1. The van der Waals surface area contributed by atoms with Gasteiger partial charge in [0.05, 0.1) is 10.6 Å². The largest absolute Gasteiger partial charge is 0.359 e.